The predicted molar refractivity (Wildman–Crippen MR) is 56.2 cm³/mol. The van der Waals surface area contributed by atoms with Crippen molar-refractivity contribution < 1.29 is 13.5 Å². The van der Waals surface area contributed by atoms with Crippen LogP contribution in [0.5, 0.6) is 5.75 Å². The van der Waals surface area contributed by atoms with E-state index in [9.17, 15) is 8.78 Å². The van der Waals surface area contributed by atoms with Crippen LogP contribution in [0.4, 0.5) is 8.78 Å². The van der Waals surface area contributed by atoms with Gasteiger partial charge in [-0.25, -0.2) is 13.8 Å². The Morgan fingerprint density at radius 3 is 2.62 bits per heavy atom. The van der Waals surface area contributed by atoms with Crippen LogP contribution in [0.1, 0.15) is 12.1 Å². The number of methoxy groups -OCH3 is 1. The molecule has 0 fully saturated rings. The smallest absolute Gasteiger partial charge is 0.280 e. The number of hydrogen-bond donors (Lipinski definition) is 0. The summed E-state index contributed by atoms with van der Waals surface area (Å²) < 4.78 is 30.3. The van der Waals surface area contributed by atoms with Crippen molar-refractivity contribution in [1.82, 2.24) is 4.98 Å². The summed E-state index contributed by atoms with van der Waals surface area (Å²) in [5.74, 6) is 0.477. The second-order valence-corrected chi connectivity index (χ2v) is 4.03. The number of rotatable bonds is 2. The third-order valence-electron chi connectivity index (χ3n) is 1.33. The molecule has 1 aromatic rings. The molecule has 0 aliphatic carbocycles. The third-order valence-corrected chi connectivity index (χ3v) is 2.65. The van der Waals surface area contributed by atoms with Crippen molar-refractivity contribution in [2.45, 2.75) is 6.43 Å². The van der Waals surface area contributed by atoms with Gasteiger partial charge in [0.1, 0.15) is 9.39 Å². The summed E-state index contributed by atoms with van der Waals surface area (Å²) in [7, 11) is 1.46. The van der Waals surface area contributed by atoms with E-state index in [2.05, 4.69) is 20.9 Å². The monoisotopic (exact) mass is 363 g/mol. The van der Waals surface area contributed by atoms with E-state index in [0.29, 0.717) is 13.9 Å². The normalized spacial score (nSPS) is 10.6. The number of halogens is 4. The number of pyridine rings is 1. The van der Waals surface area contributed by atoms with Gasteiger partial charge in [-0.3, -0.25) is 0 Å². The summed E-state index contributed by atoms with van der Waals surface area (Å²) in [4.78, 5) is 3.69. The van der Waals surface area contributed by atoms with Crippen LogP contribution in [0.25, 0.3) is 0 Å². The van der Waals surface area contributed by atoms with E-state index in [1.165, 1.54) is 13.2 Å². The number of hydrogen-bond acceptors (Lipinski definition) is 2. The second-order valence-electron chi connectivity index (χ2n) is 2.15. The van der Waals surface area contributed by atoms with Crippen molar-refractivity contribution in [3.8, 4) is 5.75 Å². The average molecular weight is 364 g/mol. The minimum atomic E-state index is -2.56. The van der Waals surface area contributed by atoms with Gasteiger partial charge in [0.15, 0.2) is 5.75 Å². The van der Waals surface area contributed by atoms with Gasteiger partial charge < -0.3 is 4.74 Å². The summed E-state index contributed by atoms with van der Waals surface area (Å²) in [6, 6.07) is 1.26. The first-order valence-corrected chi connectivity index (χ1v) is 5.11. The molecule has 2 nitrogen and oxygen atoms in total. The third kappa shape index (κ3) is 2.49. The maximum atomic E-state index is 12.2. The van der Waals surface area contributed by atoms with Crippen molar-refractivity contribution in [1.29, 1.82) is 0 Å². The summed E-state index contributed by atoms with van der Waals surface area (Å²) in [5, 5.41) is 0. The van der Waals surface area contributed by atoms with Crippen molar-refractivity contribution in [3.63, 3.8) is 0 Å². The maximum Gasteiger partial charge on any atom is 0.280 e. The first kappa shape index (κ1) is 11.1. The van der Waals surface area contributed by atoms with Crippen molar-refractivity contribution >= 4 is 38.5 Å². The summed E-state index contributed by atoms with van der Waals surface area (Å²) >= 11 is 4.97. The Morgan fingerprint density at radius 1 is 1.62 bits per heavy atom. The van der Waals surface area contributed by atoms with Gasteiger partial charge in [-0.05, 0) is 44.6 Å². The molecule has 6 heteroatoms. The topological polar surface area (TPSA) is 22.1 Å². The molecule has 1 aromatic heterocycles. The van der Waals surface area contributed by atoms with Crippen LogP contribution in [0, 0.1) is 3.70 Å². The summed E-state index contributed by atoms with van der Waals surface area (Å²) in [6.45, 7) is 0. The molecule has 1 rings (SSSR count). The van der Waals surface area contributed by atoms with Gasteiger partial charge in [0.05, 0.1) is 11.6 Å². The number of alkyl halides is 2. The zero-order chi connectivity index (χ0) is 10.0. The molecule has 0 N–H and O–H groups in total. The van der Waals surface area contributed by atoms with Gasteiger partial charge in [0, 0.05) is 0 Å². The predicted octanol–water partition coefficient (Wildman–Crippen LogP) is 3.39. The zero-order valence-electron chi connectivity index (χ0n) is 6.52. The molecule has 0 unspecified atom stereocenters. The minimum absolute atomic E-state index is 0.253. The molecular formula is C7H5BrF2INO. The Labute approximate surface area is 96.0 Å². The highest BCUT2D eigenvalue weighted by atomic mass is 127. The molecule has 0 saturated heterocycles. The first-order valence-electron chi connectivity index (χ1n) is 3.24. The average Bonchev–Trinajstić information content (AvgIpc) is 2.03. The Hall–Kier alpha value is 0.0200. The lowest BCUT2D eigenvalue weighted by Crippen LogP contribution is -1.97. The van der Waals surface area contributed by atoms with E-state index in [0.717, 1.165) is 0 Å². The van der Waals surface area contributed by atoms with Crippen LogP contribution in [-0.4, -0.2) is 12.1 Å². The SMILES string of the molecule is COc1c(Br)cc(C(F)F)nc1I. The zero-order valence-corrected chi connectivity index (χ0v) is 10.3. The van der Waals surface area contributed by atoms with Gasteiger partial charge in [-0.1, -0.05) is 0 Å². The van der Waals surface area contributed by atoms with Crippen LogP contribution in [0.3, 0.4) is 0 Å². The molecule has 0 aromatic carbocycles. The molecule has 0 saturated carbocycles. The van der Waals surface area contributed by atoms with Crippen LogP contribution in [0.2, 0.25) is 0 Å². The standard InChI is InChI=1S/C7H5BrF2INO/c1-13-5-3(8)2-4(6(9)10)12-7(5)11/h2,6H,1H3. The Morgan fingerprint density at radius 2 is 2.23 bits per heavy atom. The lowest BCUT2D eigenvalue weighted by Gasteiger charge is -2.07. The van der Waals surface area contributed by atoms with Crippen LogP contribution < -0.4 is 4.74 Å². The molecule has 0 spiro atoms. The van der Waals surface area contributed by atoms with Gasteiger partial charge in [-0.2, -0.15) is 0 Å². The summed E-state index contributed by atoms with van der Waals surface area (Å²) in [6.07, 6.45) is -2.56. The van der Waals surface area contributed by atoms with Gasteiger partial charge in [0.25, 0.3) is 6.43 Å². The molecule has 0 aliphatic rings. The lowest BCUT2D eigenvalue weighted by molar-refractivity contribution is 0.145. The molecular weight excluding hydrogens is 359 g/mol. The number of nitrogens with zero attached hydrogens (tertiary/aromatic N) is 1. The molecule has 0 radical (unpaired) electrons. The van der Waals surface area contributed by atoms with Gasteiger partial charge in [-0.15, -0.1) is 0 Å². The van der Waals surface area contributed by atoms with E-state index in [1.54, 1.807) is 0 Å². The number of aromatic nitrogens is 1. The number of ether oxygens (including phenoxy) is 1. The van der Waals surface area contributed by atoms with E-state index in [1.807, 2.05) is 22.6 Å². The minimum Gasteiger partial charge on any atom is -0.493 e. The molecule has 0 aliphatic heterocycles. The molecule has 0 amide bonds. The first-order chi connectivity index (χ1) is 6.06. The highest BCUT2D eigenvalue weighted by Gasteiger charge is 2.15. The molecule has 72 valence electrons. The molecule has 0 bridgehead atoms. The summed E-state index contributed by atoms with van der Waals surface area (Å²) in [5.41, 5.74) is -0.253. The maximum absolute atomic E-state index is 12.2. The highest BCUT2D eigenvalue weighted by Crippen LogP contribution is 2.32. The van der Waals surface area contributed by atoms with Gasteiger partial charge >= 0.3 is 0 Å². The van der Waals surface area contributed by atoms with E-state index < -0.39 is 6.43 Å². The second kappa shape index (κ2) is 4.50. The quantitative estimate of drug-likeness (QED) is 0.593. The molecule has 13 heavy (non-hydrogen) atoms. The molecule has 1 heterocycles. The largest absolute Gasteiger partial charge is 0.493 e. The van der Waals surface area contributed by atoms with Gasteiger partial charge in [0.2, 0.25) is 0 Å². The van der Waals surface area contributed by atoms with Crippen LogP contribution in [0.15, 0.2) is 10.5 Å². The lowest BCUT2D eigenvalue weighted by atomic mass is 10.3. The van der Waals surface area contributed by atoms with Crippen LogP contribution >= 0.6 is 38.5 Å². The van der Waals surface area contributed by atoms with E-state index >= 15 is 0 Å². The highest BCUT2D eigenvalue weighted by molar-refractivity contribution is 14.1. The van der Waals surface area contributed by atoms with E-state index in [-0.39, 0.29) is 5.69 Å². The Bertz CT molecular complexity index is 298. The van der Waals surface area contributed by atoms with Crippen molar-refractivity contribution in [3.05, 3.63) is 19.9 Å². The van der Waals surface area contributed by atoms with E-state index in [4.69, 9.17) is 4.74 Å². The Kier molecular flexibility index (Phi) is 3.84. The Balaban J connectivity index is 3.20. The van der Waals surface area contributed by atoms with Crippen molar-refractivity contribution in [2.75, 3.05) is 7.11 Å². The van der Waals surface area contributed by atoms with Crippen molar-refractivity contribution in [2.24, 2.45) is 0 Å². The van der Waals surface area contributed by atoms with Crippen LogP contribution in [-0.2, 0) is 0 Å². The fourth-order valence-corrected chi connectivity index (χ4v) is 2.53. The fraction of sp³-hybridized carbons (Fsp3) is 0.286. The fourth-order valence-electron chi connectivity index (χ4n) is 0.784. The molecule has 0 atom stereocenters.